The SMILES string of the molecule is [2H]C([2H])([2H])c1ccc(-c2c(C)ccc3c2oc2c4c(ccc23)C(C([2H])([2H])[2H])(C([2H])([2H])[2H])c2ccccc2-4)[n+](C)c1. The lowest BCUT2D eigenvalue weighted by Gasteiger charge is -2.21. The fraction of sp³-hybridized carbons (Fsp3) is 0.207. The van der Waals surface area contributed by atoms with E-state index in [1.165, 1.54) is 0 Å². The summed E-state index contributed by atoms with van der Waals surface area (Å²) in [6.45, 7) is -6.03. The predicted octanol–water partition coefficient (Wildman–Crippen LogP) is 7.00. The van der Waals surface area contributed by atoms with Crippen LogP contribution in [0.5, 0.6) is 0 Å². The number of benzene rings is 3. The molecule has 1 aliphatic carbocycles. The van der Waals surface area contributed by atoms with Crippen LogP contribution in [-0.4, -0.2) is 0 Å². The van der Waals surface area contributed by atoms with Gasteiger partial charge in [-0.05, 0) is 42.1 Å². The molecule has 2 aromatic heterocycles. The number of pyridine rings is 1. The Hall–Kier alpha value is -3.39. The molecule has 0 atom stereocenters. The standard InChI is InChI=1S/C29H26NO/c1-17-10-15-24(30(5)16-17)25-18(2)11-12-19-20-13-14-23-26(28(20)31-27(19)25)21-8-6-7-9-22(21)29(23,3)4/h6-16H,1-5H3/q+1/i1D3,3D3,4D3. The van der Waals surface area contributed by atoms with Gasteiger partial charge in [-0.3, -0.25) is 0 Å². The fourth-order valence-electron chi connectivity index (χ4n) is 4.94. The normalized spacial score (nSPS) is 19.7. The van der Waals surface area contributed by atoms with Gasteiger partial charge < -0.3 is 4.42 Å². The number of aryl methyl sites for hydroxylation is 3. The minimum absolute atomic E-state index is 0.200. The first-order chi connectivity index (χ1) is 18.6. The minimum atomic E-state index is -2.86. The Morgan fingerprint density at radius 2 is 1.61 bits per heavy atom. The highest BCUT2D eigenvalue weighted by atomic mass is 16.3. The number of aromatic nitrogens is 1. The van der Waals surface area contributed by atoms with Gasteiger partial charge in [-0.15, -0.1) is 0 Å². The Bertz CT molecular complexity index is 1830. The topological polar surface area (TPSA) is 17.0 Å². The lowest BCUT2D eigenvalue weighted by molar-refractivity contribution is -0.660. The average molecular weight is 414 g/mol. The van der Waals surface area contributed by atoms with Gasteiger partial charge in [0.2, 0.25) is 5.69 Å². The molecule has 1 aliphatic rings. The smallest absolute Gasteiger partial charge is 0.216 e. The van der Waals surface area contributed by atoms with Gasteiger partial charge in [0.05, 0.1) is 5.56 Å². The van der Waals surface area contributed by atoms with Gasteiger partial charge in [-0.1, -0.05) is 62.2 Å². The molecule has 31 heavy (non-hydrogen) atoms. The summed E-state index contributed by atoms with van der Waals surface area (Å²) in [5.74, 6) is 0. The van der Waals surface area contributed by atoms with Crippen molar-refractivity contribution in [3.63, 3.8) is 0 Å². The first-order valence-electron chi connectivity index (χ1n) is 14.7. The van der Waals surface area contributed by atoms with Crippen LogP contribution in [0, 0.1) is 13.8 Å². The van der Waals surface area contributed by atoms with Crippen molar-refractivity contribution in [1.82, 2.24) is 0 Å². The van der Waals surface area contributed by atoms with Gasteiger partial charge >= 0.3 is 0 Å². The first-order valence-corrected chi connectivity index (χ1v) is 10.2. The molecule has 0 spiro atoms. The lowest BCUT2D eigenvalue weighted by Crippen LogP contribution is -2.31. The van der Waals surface area contributed by atoms with Crippen LogP contribution in [0.25, 0.3) is 44.3 Å². The number of hydrogen-bond acceptors (Lipinski definition) is 1. The van der Waals surface area contributed by atoms with Crippen molar-refractivity contribution >= 4 is 21.9 Å². The van der Waals surface area contributed by atoms with Crippen LogP contribution in [0.1, 0.15) is 48.3 Å². The van der Waals surface area contributed by atoms with Crippen molar-refractivity contribution in [2.75, 3.05) is 0 Å². The summed E-state index contributed by atoms with van der Waals surface area (Å²) in [6, 6.07) is 17.4. The number of hydrogen-bond donors (Lipinski definition) is 0. The molecule has 2 heteroatoms. The van der Waals surface area contributed by atoms with Gasteiger partial charge in [0.1, 0.15) is 18.2 Å². The number of furan rings is 1. The van der Waals surface area contributed by atoms with E-state index in [0.717, 1.165) is 27.6 Å². The van der Waals surface area contributed by atoms with Crippen LogP contribution < -0.4 is 4.57 Å². The Kier molecular flexibility index (Phi) is 2.21. The van der Waals surface area contributed by atoms with Crippen molar-refractivity contribution in [2.24, 2.45) is 7.05 Å². The molecule has 6 rings (SSSR count). The van der Waals surface area contributed by atoms with Crippen LogP contribution in [0.2, 0.25) is 0 Å². The van der Waals surface area contributed by atoms with Crippen LogP contribution in [0.3, 0.4) is 0 Å². The Balaban J connectivity index is 1.72. The summed E-state index contributed by atoms with van der Waals surface area (Å²) in [6.07, 6.45) is 1.58. The molecule has 0 fully saturated rings. The van der Waals surface area contributed by atoms with Crippen molar-refractivity contribution in [2.45, 2.75) is 32.9 Å². The lowest BCUT2D eigenvalue weighted by atomic mass is 9.82. The molecule has 2 nitrogen and oxygen atoms in total. The number of fused-ring (bicyclic) bond motifs is 7. The van der Waals surface area contributed by atoms with Crippen molar-refractivity contribution in [3.05, 3.63) is 89.1 Å². The van der Waals surface area contributed by atoms with Crippen molar-refractivity contribution in [3.8, 4) is 22.4 Å². The second-order valence-electron chi connectivity index (χ2n) is 8.31. The quantitative estimate of drug-likeness (QED) is 0.270. The fourth-order valence-corrected chi connectivity index (χ4v) is 4.94. The summed E-state index contributed by atoms with van der Waals surface area (Å²) in [7, 11) is 1.78. The molecule has 0 bridgehead atoms. The maximum Gasteiger partial charge on any atom is 0.216 e. The van der Waals surface area contributed by atoms with E-state index in [9.17, 15) is 0 Å². The second-order valence-corrected chi connectivity index (χ2v) is 8.31. The third-order valence-electron chi connectivity index (χ3n) is 6.41. The third-order valence-corrected chi connectivity index (χ3v) is 6.41. The molecule has 2 heterocycles. The number of nitrogens with zero attached hydrogens (tertiary/aromatic N) is 1. The highest BCUT2D eigenvalue weighted by Gasteiger charge is 2.37. The molecule has 3 aromatic carbocycles. The maximum absolute atomic E-state index is 8.47. The van der Waals surface area contributed by atoms with Gasteiger partial charge in [0.15, 0.2) is 6.20 Å². The Morgan fingerprint density at radius 1 is 0.839 bits per heavy atom. The van der Waals surface area contributed by atoms with E-state index >= 15 is 0 Å². The van der Waals surface area contributed by atoms with E-state index in [1.807, 2.05) is 19.1 Å². The molecule has 0 radical (unpaired) electrons. The summed E-state index contributed by atoms with van der Waals surface area (Å²) in [4.78, 5) is 0. The minimum Gasteiger partial charge on any atom is -0.454 e. The molecule has 0 aliphatic heterocycles. The summed E-state index contributed by atoms with van der Waals surface area (Å²) >= 11 is 0. The van der Waals surface area contributed by atoms with E-state index < -0.39 is 26.0 Å². The maximum atomic E-state index is 8.47. The molecule has 0 N–H and O–H groups in total. The zero-order chi connectivity index (χ0) is 29.0. The highest BCUT2D eigenvalue weighted by molar-refractivity contribution is 6.14. The van der Waals surface area contributed by atoms with Crippen molar-refractivity contribution in [1.29, 1.82) is 0 Å². The molecule has 0 saturated heterocycles. The molecule has 152 valence electrons. The van der Waals surface area contributed by atoms with E-state index in [0.29, 0.717) is 22.3 Å². The molecule has 5 aromatic rings. The van der Waals surface area contributed by atoms with Gasteiger partial charge in [-0.2, -0.15) is 0 Å². The molecule has 0 amide bonds. The summed E-state index contributed by atoms with van der Waals surface area (Å²) < 4.78 is 82.5. The summed E-state index contributed by atoms with van der Waals surface area (Å²) in [5.41, 5.74) is 2.83. The molecular weight excluding hydrogens is 378 g/mol. The Morgan fingerprint density at radius 3 is 2.39 bits per heavy atom. The predicted molar refractivity (Wildman–Crippen MR) is 127 cm³/mol. The molecule has 0 saturated carbocycles. The monoisotopic (exact) mass is 413 g/mol. The number of rotatable bonds is 1. The molecular formula is C29H26NO+. The molecule has 0 unspecified atom stereocenters. The van der Waals surface area contributed by atoms with Crippen LogP contribution in [-0.2, 0) is 12.5 Å². The van der Waals surface area contributed by atoms with Crippen molar-refractivity contribution < 1.29 is 21.3 Å². The zero-order valence-corrected chi connectivity index (χ0v) is 17.2. The van der Waals surface area contributed by atoms with E-state index in [4.69, 9.17) is 16.8 Å². The van der Waals surface area contributed by atoms with Crippen LogP contribution in [0.4, 0.5) is 0 Å². The van der Waals surface area contributed by atoms with Gasteiger partial charge in [0.25, 0.3) is 0 Å². The van der Waals surface area contributed by atoms with Crippen LogP contribution in [0.15, 0.2) is 71.3 Å². The zero-order valence-electron chi connectivity index (χ0n) is 26.2. The van der Waals surface area contributed by atoms with E-state index in [1.54, 1.807) is 66.3 Å². The van der Waals surface area contributed by atoms with Crippen LogP contribution >= 0.6 is 0 Å². The van der Waals surface area contributed by atoms with E-state index in [2.05, 4.69) is 0 Å². The van der Waals surface area contributed by atoms with Gasteiger partial charge in [0, 0.05) is 45.7 Å². The average Bonchev–Trinajstić information content (AvgIpc) is 3.37. The summed E-state index contributed by atoms with van der Waals surface area (Å²) in [5, 5.41) is 1.52. The van der Waals surface area contributed by atoms with Gasteiger partial charge in [-0.25, -0.2) is 4.57 Å². The second kappa shape index (κ2) is 6.07. The third kappa shape index (κ3) is 2.36. The van der Waals surface area contributed by atoms with E-state index in [-0.39, 0.29) is 16.7 Å². The highest BCUT2D eigenvalue weighted by Crippen LogP contribution is 2.52. The largest absolute Gasteiger partial charge is 0.454 e. The Labute approximate surface area is 195 Å². The first kappa shape index (κ1) is 11.3.